The predicted octanol–water partition coefficient (Wildman–Crippen LogP) is 1.07. The van der Waals surface area contributed by atoms with Gasteiger partial charge >= 0.3 is 0 Å². The van der Waals surface area contributed by atoms with Crippen molar-refractivity contribution in [1.29, 1.82) is 0 Å². The summed E-state index contributed by atoms with van der Waals surface area (Å²) in [6.07, 6.45) is -7.81. The van der Waals surface area contributed by atoms with E-state index in [-0.39, 0.29) is 30.5 Å². The fraction of sp³-hybridized carbons (Fsp3) is 0.514. The number of carbonyl (C=O) groups is 1. The number of phenolic OH excluding ortho intramolecular Hbond substituents is 1. The normalized spacial score (nSPS) is 31.5. The Kier molecular flexibility index (Phi) is 12.4. The summed E-state index contributed by atoms with van der Waals surface area (Å²) in [4.78, 5) is 15.1. The molecule has 10 atom stereocenters. The summed E-state index contributed by atoms with van der Waals surface area (Å²) in [5.74, 6) is -0.488. The van der Waals surface area contributed by atoms with E-state index in [0.29, 0.717) is 21.9 Å². The third-order valence-corrected chi connectivity index (χ3v) is 9.47. The number of rotatable bonds is 12. The van der Waals surface area contributed by atoms with Crippen molar-refractivity contribution in [1.82, 2.24) is 10.2 Å². The zero-order valence-electron chi connectivity index (χ0n) is 28.2. The number of aliphatic hydroxyl groups is 5. The lowest BCUT2D eigenvalue weighted by Gasteiger charge is -2.41. The number of amides is 1. The van der Waals surface area contributed by atoms with Gasteiger partial charge in [-0.1, -0.05) is 30.7 Å². The number of halogens is 1. The van der Waals surface area contributed by atoms with Crippen molar-refractivity contribution in [3.8, 4) is 17.2 Å². The maximum atomic E-state index is 12.9. The van der Waals surface area contributed by atoms with Crippen molar-refractivity contribution in [2.24, 2.45) is 0 Å². The highest BCUT2D eigenvalue weighted by atomic mass is 35.5. The van der Waals surface area contributed by atoms with E-state index in [0.717, 1.165) is 18.7 Å². The third kappa shape index (κ3) is 8.43. The van der Waals surface area contributed by atoms with E-state index in [9.17, 15) is 35.4 Å². The molecule has 2 saturated heterocycles. The van der Waals surface area contributed by atoms with Crippen LogP contribution in [0.4, 0.5) is 0 Å². The van der Waals surface area contributed by atoms with Crippen molar-refractivity contribution >= 4 is 23.6 Å². The van der Waals surface area contributed by atoms with E-state index in [1.807, 2.05) is 19.2 Å². The van der Waals surface area contributed by atoms with Crippen LogP contribution in [0.5, 0.6) is 17.2 Å². The Labute approximate surface area is 295 Å². The zero-order chi connectivity index (χ0) is 36.3. The van der Waals surface area contributed by atoms with Crippen LogP contribution >= 0.6 is 11.6 Å². The average molecular weight is 721 g/mol. The number of hydrogen-bond donors (Lipinski definition) is 7. The molecule has 2 aliphatic heterocycles. The molecule has 2 aromatic carbocycles. The maximum absolute atomic E-state index is 12.9. The van der Waals surface area contributed by atoms with Crippen molar-refractivity contribution in [2.45, 2.75) is 88.5 Å². The van der Waals surface area contributed by atoms with E-state index < -0.39 is 67.1 Å². The molecule has 5 rings (SSSR count). The Hall–Kier alpha value is -3.28. The number of nitrogens with zero attached hydrogens (tertiary/aromatic N) is 1. The summed E-state index contributed by atoms with van der Waals surface area (Å²) in [5.41, 5.74) is 2.23. The molecule has 0 aromatic heterocycles. The molecule has 14 nitrogen and oxygen atoms in total. The van der Waals surface area contributed by atoms with E-state index >= 15 is 0 Å². The number of phenols is 1. The summed E-state index contributed by atoms with van der Waals surface area (Å²) in [5, 5.41) is 66.5. The highest BCUT2D eigenvalue weighted by Crippen LogP contribution is 2.34. The number of aromatic hydroxyl groups is 1. The van der Waals surface area contributed by atoms with Crippen molar-refractivity contribution in [3.63, 3.8) is 0 Å². The Morgan fingerprint density at radius 2 is 1.68 bits per heavy atom. The molecular formula is C35H45ClN2O12. The molecule has 1 saturated carbocycles. The SMILES string of the molecule is CCN(C)Cc1ccc(OCC=C(C)[C@H]2O[C@@H](Oc3ccc(C=C(C)C(=O)N[C@@H]4[C@H](O)[C@@H](O)[C@H]5OCO[C@H]5[C@@H]4O)cc3O)[C@@H](O)[C@@H]2O)c(Cl)c1. The lowest BCUT2D eigenvalue weighted by Crippen LogP contribution is -2.67. The molecule has 2 heterocycles. The number of hydrogen-bond acceptors (Lipinski definition) is 13. The van der Waals surface area contributed by atoms with E-state index in [2.05, 4.69) is 17.1 Å². The second kappa shape index (κ2) is 16.4. The Bertz CT molecular complexity index is 1570. The molecule has 0 bridgehead atoms. The molecule has 1 aliphatic carbocycles. The Morgan fingerprint density at radius 3 is 2.36 bits per heavy atom. The van der Waals surface area contributed by atoms with Gasteiger partial charge in [-0.15, -0.1) is 0 Å². The van der Waals surface area contributed by atoms with Crippen LogP contribution in [0.1, 0.15) is 31.9 Å². The van der Waals surface area contributed by atoms with E-state index in [1.54, 1.807) is 25.1 Å². The van der Waals surface area contributed by atoms with Crippen LogP contribution in [0.2, 0.25) is 5.02 Å². The van der Waals surface area contributed by atoms with Crippen LogP contribution in [0, 0.1) is 0 Å². The van der Waals surface area contributed by atoms with Gasteiger partial charge in [-0.25, -0.2) is 0 Å². The number of carbonyl (C=O) groups excluding carboxylic acids is 1. The highest BCUT2D eigenvalue weighted by Gasteiger charge is 2.53. The minimum absolute atomic E-state index is 0.0369. The Balaban J connectivity index is 1.16. The van der Waals surface area contributed by atoms with Gasteiger partial charge in [0.1, 0.15) is 68.0 Å². The molecule has 274 valence electrons. The molecule has 0 unspecified atom stereocenters. The van der Waals surface area contributed by atoms with Crippen LogP contribution in [0.25, 0.3) is 6.08 Å². The van der Waals surface area contributed by atoms with Gasteiger partial charge in [0.25, 0.3) is 0 Å². The van der Waals surface area contributed by atoms with Gasteiger partial charge in [0.05, 0.1) is 11.1 Å². The first-order valence-corrected chi connectivity index (χ1v) is 16.7. The molecule has 2 aromatic rings. The minimum atomic E-state index is -1.50. The average Bonchev–Trinajstić information content (AvgIpc) is 3.69. The molecule has 0 spiro atoms. The van der Waals surface area contributed by atoms with Crippen LogP contribution in [-0.4, -0.2) is 130 Å². The summed E-state index contributed by atoms with van der Waals surface area (Å²) < 4.78 is 27.9. The lowest BCUT2D eigenvalue weighted by atomic mass is 9.83. The van der Waals surface area contributed by atoms with E-state index in [1.165, 1.54) is 25.1 Å². The molecule has 3 fully saturated rings. The second-order valence-corrected chi connectivity index (χ2v) is 13.2. The monoisotopic (exact) mass is 720 g/mol. The minimum Gasteiger partial charge on any atom is -0.504 e. The lowest BCUT2D eigenvalue weighted by molar-refractivity contribution is -0.155. The summed E-state index contributed by atoms with van der Waals surface area (Å²) in [6.45, 7) is 6.94. The first-order valence-electron chi connectivity index (χ1n) is 16.3. The molecular weight excluding hydrogens is 676 g/mol. The molecule has 7 N–H and O–H groups in total. The number of aliphatic hydroxyl groups excluding tert-OH is 5. The van der Waals surface area contributed by atoms with Gasteiger partial charge in [-0.05, 0) is 80.6 Å². The predicted molar refractivity (Wildman–Crippen MR) is 180 cm³/mol. The number of benzene rings is 2. The fourth-order valence-corrected chi connectivity index (χ4v) is 6.33. The largest absolute Gasteiger partial charge is 0.504 e. The summed E-state index contributed by atoms with van der Waals surface area (Å²) >= 11 is 6.41. The van der Waals surface area contributed by atoms with Crippen LogP contribution in [0.15, 0.2) is 53.6 Å². The first kappa shape index (κ1) is 38.0. The quantitative estimate of drug-likeness (QED) is 0.122. The highest BCUT2D eigenvalue weighted by molar-refractivity contribution is 6.32. The standard InChI is InChI=1S/C35H45ClN2O12/c1-5-38(4)15-20-7-8-23(21(36)13-20)46-11-10-17(2)31-29(43)30(44)35(50-31)49-24-9-6-19(14-22(24)39)12-18(3)34(45)37-25-26(40)28(42)33-32(27(25)41)47-16-48-33/h6-10,12-14,25-33,35,39-44H,5,11,15-16H2,1-4H3,(H,37,45)/t25-,26+,27-,28-,29+,30+,31-,32+,33-,35-/m1/s1. The Morgan fingerprint density at radius 1 is 0.980 bits per heavy atom. The van der Waals surface area contributed by atoms with Crippen molar-refractivity contribution < 1.29 is 59.1 Å². The second-order valence-electron chi connectivity index (χ2n) is 12.8. The van der Waals surface area contributed by atoms with Gasteiger partial charge in [-0.3, -0.25) is 4.79 Å². The summed E-state index contributed by atoms with van der Waals surface area (Å²) in [7, 11) is 2.02. The fourth-order valence-electron chi connectivity index (χ4n) is 6.07. The topological polar surface area (TPSA) is 200 Å². The van der Waals surface area contributed by atoms with Crippen LogP contribution in [-0.2, 0) is 25.5 Å². The van der Waals surface area contributed by atoms with Crippen molar-refractivity contribution in [3.05, 3.63) is 69.8 Å². The van der Waals surface area contributed by atoms with E-state index in [4.69, 9.17) is 35.3 Å². The van der Waals surface area contributed by atoms with Crippen LogP contribution < -0.4 is 14.8 Å². The smallest absolute Gasteiger partial charge is 0.247 e. The van der Waals surface area contributed by atoms with Gasteiger partial charge in [0.2, 0.25) is 12.2 Å². The maximum Gasteiger partial charge on any atom is 0.247 e. The number of fused-ring (bicyclic) bond motifs is 1. The molecule has 3 aliphatic rings. The molecule has 15 heteroatoms. The summed E-state index contributed by atoms with van der Waals surface area (Å²) in [6, 6.07) is 8.68. The van der Waals surface area contributed by atoms with Gasteiger partial charge in [0.15, 0.2) is 11.5 Å². The van der Waals surface area contributed by atoms with Gasteiger partial charge in [-0.2, -0.15) is 0 Å². The zero-order valence-corrected chi connectivity index (χ0v) is 28.9. The molecule has 0 radical (unpaired) electrons. The van der Waals surface area contributed by atoms with Crippen LogP contribution in [0.3, 0.4) is 0 Å². The number of ether oxygens (including phenoxy) is 5. The first-order chi connectivity index (χ1) is 23.8. The molecule has 50 heavy (non-hydrogen) atoms. The third-order valence-electron chi connectivity index (χ3n) is 9.17. The van der Waals surface area contributed by atoms with Gasteiger partial charge in [0, 0.05) is 12.1 Å². The molecule has 1 amide bonds. The van der Waals surface area contributed by atoms with Gasteiger partial charge < -0.3 is 64.5 Å². The van der Waals surface area contributed by atoms with Crippen molar-refractivity contribution in [2.75, 3.05) is 27.0 Å². The number of nitrogens with one attached hydrogen (secondary N) is 1.